The van der Waals surface area contributed by atoms with Crippen molar-refractivity contribution in [1.29, 1.82) is 0 Å². The normalized spacial score (nSPS) is 11.7. The highest BCUT2D eigenvalue weighted by atomic mass is 19.4. The summed E-state index contributed by atoms with van der Waals surface area (Å²) in [6, 6.07) is 16.1. The van der Waals surface area contributed by atoms with E-state index < -0.39 is 23.6 Å². The van der Waals surface area contributed by atoms with Crippen LogP contribution < -0.4 is 15.4 Å². The maximum Gasteiger partial charge on any atom is 0.458 e. The molecule has 0 aliphatic carbocycles. The van der Waals surface area contributed by atoms with E-state index in [-0.39, 0.29) is 17.2 Å². The molecule has 3 aromatic carbocycles. The Kier molecular flexibility index (Phi) is 6.80. The van der Waals surface area contributed by atoms with Crippen molar-refractivity contribution in [2.75, 3.05) is 12.4 Å². The Bertz CT molecular complexity index is 1470. The molecule has 0 fully saturated rings. The zero-order chi connectivity index (χ0) is 26.8. The molecule has 6 nitrogen and oxygen atoms in total. The van der Waals surface area contributed by atoms with Gasteiger partial charge in [0.2, 0.25) is 0 Å². The highest BCUT2D eigenvalue weighted by molar-refractivity contribution is 6.09. The summed E-state index contributed by atoms with van der Waals surface area (Å²) in [6.45, 7) is 0. The number of amides is 2. The second-order valence-corrected chi connectivity index (χ2v) is 7.85. The van der Waals surface area contributed by atoms with Gasteiger partial charge < -0.3 is 15.4 Å². The summed E-state index contributed by atoms with van der Waals surface area (Å²) < 4.78 is 70.5. The molecule has 11 heteroatoms. The average molecular weight is 515 g/mol. The molecule has 0 unspecified atom stereocenters. The molecule has 4 rings (SSSR count). The van der Waals surface area contributed by atoms with Crippen LogP contribution in [0.2, 0.25) is 0 Å². The predicted octanol–water partition coefficient (Wildman–Crippen LogP) is 6.29. The second kappa shape index (κ2) is 9.84. The number of ether oxygens (including phenoxy) is 1. The van der Waals surface area contributed by atoms with Crippen molar-refractivity contribution in [1.82, 2.24) is 10.3 Å². The molecule has 0 saturated heterocycles. The number of halogens is 5. The van der Waals surface area contributed by atoms with Crippen molar-refractivity contribution in [2.45, 2.75) is 12.1 Å². The third kappa shape index (κ3) is 5.35. The molecule has 0 radical (unpaired) electrons. The summed E-state index contributed by atoms with van der Waals surface area (Å²) in [6.07, 6.45) is -4.31. The van der Waals surface area contributed by atoms with Gasteiger partial charge >= 0.3 is 12.1 Å². The van der Waals surface area contributed by atoms with Gasteiger partial charge in [0.1, 0.15) is 17.2 Å². The first-order valence-corrected chi connectivity index (χ1v) is 10.7. The van der Waals surface area contributed by atoms with E-state index in [9.17, 15) is 31.5 Å². The molecule has 0 aliphatic heterocycles. The lowest BCUT2D eigenvalue weighted by atomic mass is 10.0. The van der Waals surface area contributed by atoms with Crippen molar-refractivity contribution in [3.05, 3.63) is 95.8 Å². The molecule has 0 atom stereocenters. The van der Waals surface area contributed by atoms with Gasteiger partial charge in [0.05, 0.1) is 0 Å². The van der Waals surface area contributed by atoms with E-state index in [2.05, 4.69) is 15.6 Å². The lowest BCUT2D eigenvalue weighted by Crippen LogP contribution is -2.33. The molecule has 37 heavy (non-hydrogen) atoms. The number of benzene rings is 3. The summed E-state index contributed by atoms with van der Waals surface area (Å²) in [5.41, 5.74) is -0.778. The number of nitrogens with one attached hydrogen (secondary N) is 2. The van der Waals surface area contributed by atoms with Gasteiger partial charge in [0.25, 0.3) is 11.8 Å². The van der Waals surface area contributed by atoms with Crippen LogP contribution in [-0.2, 0) is 5.92 Å². The number of carbonyl (C=O) groups is 2. The van der Waals surface area contributed by atoms with Crippen LogP contribution in [0.25, 0.3) is 10.8 Å². The van der Waals surface area contributed by atoms with Crippen LogP contribution in [0.15, 0.2) is 79.0 Å². The third-order valence-electron chi connectivity index (χ3n) is 5.39. The van der Waals surface area contributed by atoms with Gasteiger partial charge in [-0.15, -0.1) is 0 Å². The predicted molar refractivity (Wildman–Crippen MR) is 126 cm³/mol. The van der Waals surface area contributed by atoms with Gasteiger partial charge in [-0.25, -0.2) is 0 Å². The van der Waals surface area contributed by atoms with Crippen LogP contribution >= 0.6 is 0 Å². The van der Waals surface area contributed by atoms with Gasteiger partial charge in [0.15, 0.2) is 0 Å². The minimum absolute atomic E-state index is 0.0942. The third-order valence-corrected chi connectivity index (χ3v) is 5.39. The summed E-state index contributed by atoms with van der Waals surface area (Å²) in [5, 5.41) is 6.44. The number of pyridine rings is 1. The van der Waals surface area contributed by atoms with Crippen LogP contribution in [0.5, 0.6) is 11.5 Å². The zero-order valence-electron chi connectivity index (χ0n) is 19.1. The van der Waals surface area contributed by atoms with Gasteiger partial charge in [-0.3, -0.25) is 14.6 Å². The average Bonchev–Trinajstić information content (AvgIpc) is 2.87. The molecule has 0 spiro atoms. The van der Waals surface area contributed by atoms with Gasteiger partial charge in [-0.2, -0.15) is 22.0 Å². The standard InChI is InChI=1S/C26H18F5N3O3/c1-32-24(36)22-14-19(11-12-33-22)37-18-9-10-20-16(13-18)3-2-4-21(20)34-23(35)15-5-7-17(8-6-15)25(27,28)26(29,30)31/h2-14H,1H3,(H,32,36)(H,34,35). The minimum atomic E-state index is -5.74. The van der Waals surface area contributed by atoms with E-state index in [1.165, 1.54) is 19.3 Å². The Labute approximate surface area is 207 Å². The van der Waals surface area contributed by atoms with E-state index in [4.69, 9.17) is 4.74 Å². The fourth-order valence-electron chi connectivity index (χ4n) is 3.49. The van der Waals surface area contributed by atoms with Crippen LogP contribution in [0, 0.1) is 0 Å². The maximum atomic E-state index is 13.5. The van der Waals surface area contributed by atoms with Gasteiger partial charge in [0, 0.05) is 41.5 Å². The molecule has 4 aromatic rings. The van der Waals surface area contributed by atoms with Crippen molar-refractivity contribution < 1.29 is 36.3 Å². The highest BCUT2D eigenvalue weighted by Gasteiger charge is 2.58. The number of hydrogen-bond acceptors (Lipinski definition) is 4. The Morgan fingerprint density at radius 2 is 1.54 bits per heavy atom. The Balaban J connectivity index is 1.53. The summed E-state index contributed by atoms with van der Waals surface area (Å²) in [7, 11) is 1.48. The summed E-state index contributed by atoms with van der Waals surface area (Å²) in [5.74, 6) is -5.25. The highest BCUT2D eigenvalue weighted by Crippen LogP contribution is 2.43. The van der Waals surface area contributed by atoms with Crippen LogP contribution in [-0.4, -0.2) is 30.0 Å². The molecule has 1 heterocycles. The fourth-order valence-corrected chi connectivity index (χ4v) is 3.49. The smallest absolute Gasteiger partial charge is 0.457 e. The monoisotopic (exact) mass is 515 g/mol. The number of anilines is 1. The van der Waals surface area contributed by atoms with Crippen molar-refractivity contribution in [2.24, 2.45) is 0 Å². The number of aromatic nitrogens is 1. The van der Waals surface area contributed by atoms with E-state index in [0.29, 0.717) is 40.1 Å². The number of carbonyl (C=O) groups excluding carboxylic acids is 2. The largest absolute Gasteiger partial charge is 0.458 e. The number of rotatable bonds is 6. The first-order valence-electron chi connectivity index (χ1n) is 10.7. The quantitative estimate of drug-likeness (QED) is 0.296. The number of alkyl halides is 5. The zero-order valence-corrected chi connectivity index (χ0v) is 19.1. The summed E-state index contributed by atoms with van der Waals surface area (Å²) in [4.78, 5) is 28.4. The molecule has 2 N–H and O–H groups in total. The van der Waals surface area contributed by atoms with E-state index >= 15 is 0 Å². The lowest BCUT2D eigenvalue weighted by molar-refractivity contribution is -0.289. The Hall–Kier alpha value is -4.54. The van der Waals surface area contributed by atoms with E-state index in [1.807, 2.05) is 0 Å². The van der Waals surface area contributed by atoms with Gasteiger partial charge in [-0.05, 0) is 47.9 Å². The summed E-state index contributed by atoms with van der Waals surface area (Å²) >= 11 is 0. The van der Waals surface area contributed by atoms with Crippen molar-refractivity contribution >= 4 is 28.3 Å². The second-order valence-electron chi connectivity index (χ2n) is 7.85. The maximum absolute atomic E-state index is 13.5. The van der Waals surface area contributed by atoms with Gasteiger partial charge in [-0.1, -0.05) is 24.3 Å². The number of hydrogen-bond donors (Lipinski definition) is 2. The number of nitrogens with zero attached hydrogens (tertiary/aromatic N) is 1. The van der Waals surface area contributed by atoms with Crippen molar-refractivity contribution in [3.63, 3.8) is 0 Å². The topological polar surface area (TPSA) is 80.3 Å². The van der Waals surface area contributed by atoms with Crippen LogP contribution in [0.1, 0.15) is 26.4 Å². The molecular formula is C26H18F5N3O3. The lowest BCUT2D eigenvalue weighted by Gasteiger charge is -2.20. The van der Waals surface area contributed by atoms with Crippen LogP contribution in [0.4, 0.5) is 27.6 Å². The molecule has 190 valence electrons. The Morgan fingerprint density at radius 1 is 0.838 bits per heavy atom. The van der Waals surface area contributed by atoms with Crippen molar-refractivity contribution in [3.8, 4) is 11.5 Å². The first kappa shape index (κ1) is 25.5. The first-order chi connectivity index (χ1) is 17.5. The fraction of sp³-hybridized carbons (Fsp3) is 0.115. The Morgan fingerprint density at radius 3 is 2.22 bits per heavy atom. The SMILES string of the molecule is CNC(=O)c1cc(Oc2ccc3c(NC(=O)c4ccc(C(F)(F)C(F)(F)F)cc4)cccc3c2)ccn1. The molecular weight excluding hydrogens is 497 g/mol. The minimum Gasteiger partial charge on any atom is -0.457 e. The van der Waals surface area contributed by atoms with Crippen LogP contribution in [0.3, 0.4) is 0 Å². The number of fused-ring (bicyclic) bond motifs is 1. The molecule has 0 saturated carbocycles. The molecule has 0 bridgehead atoms. The molecule has 0 aliphatic rings. The van der Waals surface area contributed by atoms with E-state index in [0.717, 1.165) is 12.1 Å². The van der Waals surface area contributed by atoms with E-state index in [1.54, 1.807) is 42.5 Å². The molecule has 2 amide bonds. The molecule has 1 aromatic heterocycles.